The largest absolute Gasteiger partial charge is 0.481 e. The van der Waals surface area contributed by atoms with Gasteiger partial charge in [0.15, 0.2) is 0 Å². The molecule has 1 aliphatic carbocycles. The molecule has 0 aromatic heterocycles. The maximum absolute atomic E-state index is 14.2. The van der Waals surface area contributed by atoms with Crippen molar-refractivity contribution in [2.45, 2.75) is 95.9 Å². The average Bonchev–Trinajstić information content (AvgIpc) is 3.11. The van der Waals surface area contributed by atoms with Crippen molar-refractivity contribution in [1.29, 1.82) is 0 Å². The molecule has 1 aromatic carbocycles. The molecule has 0 aliphatic heterocycles. The van der Waals surface area contributed by atoms with Crippen LogP contribution in [0.2, 0.25) is 0 Å². The molecule has 0 amide bonds. The number of rotatable bonds is 16. The van der Waals surface area contributed by atoms with Gasteiger partial charge < -0.3 is 14.9 Å². The zero-order valence-electron chi connectivity index (χ0n) is 20.0. The molecule has 0 radical (unpaired) electrons. The molecule has 34 heavy (non-hydrogen) atoms. The first-order valence-corrected chi connectivity index (χ1v) is 12.4. The first-order chi connectivity index (χ1) is 16.2. The van der Waals surface area contributed by atoms with E-state index in [9.17, 15) is 23.5 Å². The number of ether oxygens (including phenoxy) is 1. The van der Waals surface area contributed by atoms with E-state index in [1.807, 2.05) is 30.3 Å². The molecule has 1 aromatic rings. The van der Waals surface area contributed by atoms with Crippen molar-refractivity contribution >= 4 is 11.8 Å². The van der Waals surface area contributed by atoms with E-state index in [4.69, 9.17) is 9.84 Å². The summed E-state index contributed by atoms with van der Waals surface area (Å²) < 4.78 is 34.4. The topological polar surface area (TPSA) is 83.8 Å². The Kier molecular flexibility index (Phi) is 11.8. The highest BCUT2D eigenvalue weighted by Gasteiger charge is 2.42. The van der Waals surface area contributed by atoms with Crippen LogP contribution < -0.4 is 0 Å². The van der Waals surface area contributed by atoms with E-state index >= 15 is 0 Å². The van der Waals surface area contributed by atoms with Crippen molar-refractivity contribution in [3.05, 3.63) is 48.0 Å². The fraction of sp³-hybridized carbons (Fsp3) is 0.630. The number of halogens is 2. The van der Waals surface area contributed by atoms with Gasteiger partial charge in [0.25, 0.3) is 0 Å². The standard InChI is InChI=1S/C27H38F2O5/c1-2-3-17-27(28,29)25(31)16-15-22-21(13-9-4-5-10-14-26(32)33)23(30)18-24(22)34-19-20-11-7-6-8-12-20/h6-8,11-12,15-16,21-24,30H,2-5,9-10,13-14,17-19H2,1H3,(H,32,33)/t21-,22-,23+,24-/m1/s1. The van der Waals surface area contributed by atoms with E-state index < -0.39 is 30.2 Å². The molecule has 5 nitrogen and oxygen atoms in total. The van der Waals surface area contributed by atoms with E-state index in [2.05, 4.69) is 0 Å². The molecule has 0 bridgehead atoms. The zero-order valence-corrected chi connectivity index (χ0v) is 20.0. The molecule has 2 rings (SSSR count). The second-order valence-electron chi connectivity index (χ2n) is 9.26. The third kappa shape index (κ3) is 9.26. The minimum Gasteiger partial charge on any atom is -0.481 e. The lowest BCUT2D eigenvalue weighted by atomic mass is 9.87. The van der Waals surface area contributed by atoms with Gasteiger partial charge in [-0.15, -0.1) is 0 Å². The van der Waals surface area contributed by atoms with Gasteiger partial charge in [0.05, 0.1) is 18.8 Å². The maximum Gasteiger partial charge on any atom is 0.309 e. The van der Waals surface area contributed by atoms with E-state index in [0.717, 1.165) is 30.9 Å². The number of carboxylic acid groups (broad SMARTS) is 1. The Hall–Kier alpha value is -2.12. The van der Waals surface area contributed by atoms with Gasteiger partial charge in [-0.2, -0.15) is 8.78 Å². The SMILES string of the molecule is CCCCC(F)(F)C(=O)C=C[C@@H]1[C@@H](CCCCCCC(=O)O)[C@@H](O)C[C@H]1OCc1ccccc1. The molecule has 1 aliphatic rings. The normalized spacial score (nSPS) is 22.9. The Balaban J connectivity index is 2.04. The van der Waals surface area contributed by atoms with Crippen molar-refractivity contribution in [3.8, 4) is 0 Å². The Morgan fingerprint density at radius 3 is 2.50 bits per heavy atom. The summed E-state index contributed by atoms with van der Waals surface area (Å²) in [6.07, 6.45) is 6.07. The van der Waals surface area contributed by atoms with Crippen molar-refractivity contribution in [1.82, 2.24) is 0 Å². The number of aliphatic hydroxyl groups excluding tert-OH is 1. The van der Waals surface area contributed by atoms with Crippen LogP contribution in [0.4, 0.5) is 8.78 Å². The molecule has 0 unspecified atom stereocenters. The van der Waals surface area contributed by atoms with E-state index in [1.165, 1.54) is 6.08 Å². The quantitative estimate of drug-likeness (QED) is 0.226. The number of alkyl halides is 2. The number of ketones is 1. The van der Waals surface area contributed by atoms with Gasteiger partial charge in [-0.1, -0.05) is 69.0 Å². The lowest BCUT2D eigenvalue weighted by Gasteiger charge is -2.23. The van der Waals surface area contributed by atoms with Gasteiger partial charge in [0, 0.05) is 25.2 Å². The number of carboxylic acids is 1. The molecule has 190 valence electrons. The van der Waals surface area contributed by atoms with Gasteiger partial charge in [-0.3, -0.25) is 9.59 Å². The summed E-state index contributed by atoms with van der Waals surface area (Å²) in [7, 11) is 0. The first-order valence-electron chi connectivity index (χ1n) is 12.4. The first kappa shape index (κ1) is 28.1. The molecule has 0 saturated heterocycles. The fourth-order valence-corrected chi connectivity index (χ4v) is 4.56. The molecule has 7 heteroatoms. The summed E-state index contributed by atoms with van der Waals surface area (Å²) >= 11 is 0. The molecule has 0 heterocycles. The predicted octanol–water partition coefficient (Wildman–Crippen LogP) is 5.94. The van der Waals surface area contributed by atoms with Crippen LogP contribution in [-0.4, -0.2) is 40.1 Å². The maximum atomic E-state index is 14.2. The summed E-state index contributed by atoms with van der Waals surface area (Å²) in [6, 6.07) is 9.59. The van der Waals surface area contributed by atoms with Gasteiger partial charge in [0.2, 0.25) is 5.78 Å². The minimum atomic E-state index is -3.39. The van der Waals surface area contributed by atoms with Crippen LogP contribution in [0.15, 0.2) is 42.5 Å². The highest BCUT2D eigenvalue weighted by molar-refractivity contribution is 5.95. The van der Waals surface area contributed by atoms with E-state index in [0.29, 0.717) is 32.3 Å². The number of hydrogen-bond acceptors (Lipinski definition) is 4. The van der Waals surface area contributed by atoms with Gasteiger partial charge in [0.1, 0.15) is 0 Å². The number of unbranched alkanes of at least 4 members (excludes halogenated alkanes) is 4. The number of aliphatic hydroxyl groups is 1. The third-order valence-corrected chi connectivity index (χ3v) is 6.55. The predicted molar refractivity (Wildman–Crippen MR) is 127 cm³/mol. The van der Waals surface area contributed by atoms with E-state index in [1.54, 1.807) is 6.92 Å². The summed E-state index contributed by atoms with van der Waals surface area (Å²) in [5.41, 5.74) is 0.976. The third-order valence-electron chi connectivity index (χ3n) is 6.55. The molecule has 2 N–H and O–H groups in total. The number of benzene rings is 1. The molecule has 1 saturated carbocycles. The second kappa shape index (κ2) is 14.3. The summed E-state index contributed by atoms with van der Waals surface area (Å²) in [5.74, 6) is -5.94. The average molecular weight is 481 g/mol. The lowest BCUT2D eigenvalue weighted by molar-refractivity contribution is -0.138. The van der Waals surface area contributed by atoms with Crippen molar-refractivity contribution < 1.29 is 33.3 Å². The Morgan fingerprint density at radius 1 is 1.12 bits per heavy atom. The van der Waals surface area contributed by atoms with Crippen LogP contribution in [-0.2, 0) is 20.9 Å². The van der Waals surface area contributed by atoms with Crippen LogP contribution in [0.25, 0.3) is 0 Å². The molecule has 1 fully saturated rings. The summed E-state index contributed by atoms with van der Waals surface area (Å²) in [4.78, 5) is 22.8. The molecular weight excluding hydrogens is 442 g/mol. The Labute approximate surface area is 201 Å². The lowest BCUT2D eigenvalue weighted by Crippen LogP contribution is -2.28. The molecular formula is C27H38F2O5. The van der Waals surface area contributed by atoms with Crippen LogP contribution >= 0.6 is 0 Å². The Bertz CT molecular complexity index is 780. The number of hydrogen-bond donors (Lipinski definition) is 2. The van der Waals surface area contributed by atoms with Gasteiger partial charge >= 0.3 is 11.9 Å². The van der Waals surface area contributed by atoms with Crippen molar-refractivity contribution in [2.24, 2.45) is 11.8 Å². The minimum absolute atomic E-state index is 0.140. The van der Waals surface area contributed by atoms with Crippen LogP contribution in [0, 0.1) is 11.8 Å². The van der Waals surface area contributed by atoms with Crippen LogP contribution in [0.3, 0.4) is 0 Å². The van der Waals surface area contributed by atoms with E-state index in [-0.39, 0.29) is 30.8 Å². The summed E-state index contributed by atoms with van der Waals surface area (Å²) in [6.45, 7) is 2.14. The summed E-state index contributed by atoms with van der Waals surface area (Å²) in [5, 5.41) is 19.5. The number of allylic oxidation sites excluding steroid dienone is 1. The Morgan fingerprint density at radius 2 is 1.82 bits per heavy atom. The zero-order chi connectivity index (χ0) is 25.0. The highest BCUT2D eigenvalue weighted by Crippen LogP contribution is 2.39. The van der Waals surface area contributed by atoms with Crippen LogP contribution in [0.1, 0.15) is 76.7 Å². The highest BCUT2D eigenvalue weighted by atomic mass is 19.3. The number of carbonyl (C=O) groups is 2. The van der Waals surface area contributed by atoms with Gasteiger partial charge in [-0.05, 0) is 36.8 Å². The van der Waals surface area contributed by atoms with Crippen molar-refractivity contribution in [2.75, 3.05) is 0 Å². The smallest absolute Gasteiger partial charge is 0.309 e. The second-order valence-corrected chi connectivity index (χ2v) is 9.26. The molecule has 0 spiro atoms. The van der Waals surface area contributed by atoms with Crippen LogP contribution in [0.5, 0.6) is 0 Å². The fourth-order valence-electron chi connectivity index (χ4n) is 4.56. The number of aliphatic carboxylic acids is 1. The number of carbonyl (C=O) groups excluding carboxylic acids is 1. The monoisotopic (exact) mass is 480 g/mol. The molecule has 4 atom stereocenters. The van der Waals surface area contributed by atoms with Crippen molar-refractivity contribution in [3.63, 3.8) is 0 Å². The van der Waals surface area contributed by atoms with Gasteiger partial charge in [-0.25, -0.2) is 0 Å².